The van der Waals surface area contributed by atoms with Crippen molar-refractivity contribution in [2.24, 2.45) is 0 Å². The summed E-state index contributed by atoms with van der Waals surface area (Å²) in [5.41, 5.74) is 3.22. The Labute approximate surface area is 66.7 Å². The van der Waals surface area contributed by atoms with Crippen molar-refractivity contribution < 1.29 is 4.79 Å². The van der Waals surface area contributed by atoms with Crippen LogP contribution in [-0.4, -0.2) is 23.0 Å². The summed E-state index contributed by atoms with van der Waals surface area (Å²) in [4.78, 5) is 11.3. The molecule has 1 heterocycles. The van der Waals surface area contributed by atoms with Crippen molar-refractivity contribution in [2.45, 2.75) is 44.7 Å². The molecular weight excluding hydrogens is 140 g/mol. The first kappa shape index (κ1) is 7.10. The van der Waals surface area contributed by atoms with Crippen molar-refractivity contribution in [3.05, 3.63) is 0 Å². The molecule has 2 fully saturated rings. The second-order valence-corrected chi connectivity index (χ2v) is 3.41. The molecule has 0 aromatic heterocycles. The highest BCUT2D eigenvalue weighted by molar-refractivity contribution is 5.76. The Morgan fingerprint density at radius 3 is 2.91 bits per heavy atom. The van der Waals surface area contributed by atoms with Crippen LogP contribution in [0.2, 0.25) is 0 Å². The maximum absolute atomic E-state index is 11.3. The van der Waals surface area contributed by atoms with E-state index in [1.165, 1.54) is 19.3 Å². The topological polar surface area (TPSA) is 32.3 Å². The number of nitrogens with one attached hydrogen (secondary N) is 1. The standard InChI is InChI=1S/C8H14N2O/c1-2-8(11)10-7-4-3-6(5-7)9-10/h6-7,9H,2-5H2,1H3. The van der Waals surface area contributed by atoms with Gasteiger partial charge < -0.3 is 0 Å². The summed E-state index contributed by atoms with van der Waals surface area (Å²) >= 11 is 0. The van der Waals surface area contributed by atoms with Gasteiger partial charge in [0.2, 0.25) is 5.91 Å². The van der Waals surface area contributed by atoms with Gasteiger partial charge in [-0.25, -0.2) is 5.43 Å². The fourth-order valence-corrected chi connectivity index (χ4v) is 2.06. The van der Waals surface area contributed by atoms with Gasteiger partial charge in [0.15, 0.2) is 0 Å². The molecule has 1 saturated carbocycles. The average Bonchev–Trinajstić information content (AvgIpc) is 2.62. The summed E-state index contributed by atoms with van der Waals surface area (Å²) < 4.78 is 0. The van der Waals surface area contributed by atoms with Crippen molar-refractivity contribution in [3.8, 4) is 0 Å². The monoisotopic (exact) mass is 154 g/mol. The molecule has 0 aromatic carbocycles. The number of hydrogen-bond acceptors (Lipinski definition) is 2. The van der Waals surface area contributed by atoms with Gasteiger partial charge in [-0.05, 0) is 19.3 Å². The van der Waals surface area contributed by atoms with E-state index in [-0.39, 0.29) is 5.91 Å². The normalized spacial score (nSPS) is 34.8. The van der Waals surface area contributed by atoms with Gasteiger partial charge in [0.1, 0.15) is 0 Å². The maximum Gasteiger partial charge on any atom is 0.236 e. The van der Waals surface area contributed by atoms with Crippen LogP contribution in [0.4, 0.5) is 0 Å². The lowest BCUT2D eigenvalue weighted by Crippen LogP contribution is -2.46. The van der Waals surface area contributed by atoms with Crippen LogP contribution in [0.15, 0.2) is 0 Å². The third-order valence-electron chi connectivity index (χ3n) is 2.66. The molecule has 3 heteroatoms. The van der Waals surface area contributed by atoms with Gasteiger partial charge in [-0.1, -0.05) is 6.92 Å². The first-order valence-corrected chi connectivity index (χ1v) is 4.39. The Morgan fingerprint density at radius 1 is 1.64 bits per heavy atom. The Morgan fingerprint density at radius 2 is 2.45 bits per heavy atom. The van der Waals surface area contributed by atoms with E-state index in [0.29, 0.717) is 18.5 Å². The fourth-order valence-electron chi connectivity index (χ4n) is 2.06. The van der Waals surface area contributed by atoms with E-state index < -0.39 is 0 Å². The van der Waals surface area contributed by atoms with Crippen LogP contribution in [0.25, 0.3) is 0 Å². The second kappa shape index (κ2) is 2.48. The minimum Gasteiger partial charge on any atom is -0.275 e. The predicted octanol–water partition coefficient (Wildman–Crippen LogP) is 0.664. The van der Waals surface area contributed by atoms with Crippen LogP contribution >= 0.6 is 0 Å². The Bertz CT molecular complexity index is 181. The minimum absolute atomic E-state index is 0.247. The number of carbonyl (C=O) groups is 1. The lowest BCUT2D eigenvalue weighted by molar-refractivity contribution is -0.135. The van der Waals surface area contributed by atoms with Crippen LogP contribution in [-0.2, 0) is 4.79 Å². The van der Waals surface area contributed by atoms with E-state index in [9.17, 15) is 4.79 Å². The van der Waals surface area contributed by atoms with E-state index in [0.717, 1.165) is 0 Å². The molecule has 1 N–H and O–H groups in total. The largest absolute Gasteiger partial charge is 0.275 e. The molecule has 0 aromatic rings. The first-order chi connectivity index (χ1) is 5.31. The molecule has 1 saturated heterocycles. The molecule has 0 spiro atoms. The molecule has 1 amide bonds. The molecular formula is C8H14N2O. The molecule has 1 aliphatic heterocycles. The highest BCUT2D eigenvalue weighted by Crippen LogP contribution is 2.30. The lowest BCUT2D eigenvalue weighted by atomic mass is 10.2. The highest BCUT2D eigenvalue weighted by atomic mass is 16.2. The van der Waals surface area contributed by atoms with Crippen LogP contribution in [0, 0.1) is 0 Å². The number of fused-ring (bicyclic) bond motifs is 2. The molecule has 2 bridgehead atoms. The third-order valence-corrected chi connectivity index (χ3v) is 2.66. The van der Waals surface area contributed by atoms with E-state index in [1.54, 1.807) is 0 Å². The van der Waals surface area contributed by atoms with Gasteiger partial charge in [0, 0.05) is 18.5 Å². The smallest absolute Gasteiger partial charge is 0.236 e. The Balaban J connectivity index is 2.02. The van der Waals surface area contributed by atoms with Crippen LogP contribution in [0.5, 0.6) is 0 Å². The number of hydrazine groups is 1. The number of carbonyl (C=O) groups excluding carboxylic acids is 1. The number of nitrogens with zero attached hydrogens (tertiary/aromatic N) is 1. The van der Waals surface area contributed by atoms with E-state index in [4.69, 9.17) is 0 Å². The van der Waals surface area contributed by atoms with Crippen molar-refractivity contribution in [1.82, 2.24) is 10.4 Å². The van der Waals surface area contributed by atoms with Crippen LogP contribution < -0.4 is 5.43 Å². The number of rotatable bonds is 1. The van der Waals surface area contributed by atoms with Gasteiger partial charge in [-0.2, -0.15) is 0 Å². The van der Waals surface area contributed by atoms with E-state index >= 15 is 0 Å². The molecule has 2 unspecified atom stereocenters. The SMILES string of the molecule is CCC(=O)N1NC2CCC1C2. The Hall–Kier alpha value is -0.570. The van der Waals surface area contributed by atoms with Gasteiger partial charge in [-0.3, -0.25) is 9.80 Å². The molecule has 1 aliphatic carbocycles. The lowest BCUT2D eigenvalue weighted by Gasteiger charge is -2.26. The molecule has 2 atom stereocenters. The van der Waals surface area contributed by atoms with Crippen LogP contribution in [0.1, 0.15) is 32.6 Å². The van der Waals surface area contributed by atoms with Crippen molar-refractivity contribution in [1.29, 1.82) is 0 Å². The summed E-state index contributed by atoms with van der Waals surface area (Å²) in [5, 5.41) is 1.84. The highest BCUT2D eigenvalue weighted by Gasteiger charge is 2.39. The molecule has 3 nitrogen and oxygen atoms in total. The number of amides is 1. The minimum atomic E-state index is 0.247. The van der Waals surface area contributed by atoms with Gasteiger partial charge in [0.05, 0.1) is 0 Å². The fraction of sp³-hybridized carbons (Fsp3) is 0.875. The summed E-state index contributed by atoms with van der Waals surface area (Å²) in [7, 11) is 0. The second-order valence-electron chi connectivity index (χ2n) is 3.41. The average molecular weight is 154 g/mol. The molecule has 62 valence electrons. The molecule has 11 heavy (non-hydrogen) atoms. The quantitative estimate of drug-likeness (QED) is 0.602. The van der Waals surface area contributed by atoms with Crippen molar-refractivity contribution in [2.75, 3.05) is 0 Å². The van der Waals surface area contributed by atoms with Crippen molar-refractivity contribution >= 4 is 5.91 Å². The summed E-state index contributed by atoms with van der Waals surface area (Å²) in [5.74, 6) is 0.247. The molecule has 2 aliphatic rings. The van der Waals surface area contributed by atoms with Gasteiger partial charge >= 0.3 is 0 Å². The predicted molar refractivity (Wildman–Crippen MR) is 41.7 cm³/mol. The van der Waals surface area contributed by atoms with E-state index in [2.05, 4.69) is 5.43 Å². The van der Waals surface area contributed by atoms with Gasteiger partial charge in [-0.15, -0.1) is 0 Å². The maximum atomic E-state index is 11.3. The van der Waals surface area contributed by atoms with E-state index in [1.807, 2.05) is 11.9 Å². The zero-order valence-corrected chi connectivity index (χ0v) is 6.84. The van der Waals surface area contributed by atoms with Gasteiger partial charge in [0.25, 0.3) is 0 Å². The summed E-state index contributed by atoms with van der Waals surface area (Å²) in [6, 6.07) is 1.10. The van der Waals surface area contributed by atoms with Crippen molar-refractivity contribution in [3.63, 3.8) is 0 Å². The molecule has 0 radical (unpaired) electrons. The summed E-state index contributed by atoms with van der Waals surface area (Å²) in [6.07, 6.45) is 4.24. The van der Waals surface area contributed by atoms with Crippen LogP contribution in [0.3, 0.4) is 0 Å². The zero-order valence-electron chi connectivity index (χ0n) is 6.84. The molecule has 2 rings (SSSR count). The number of hydrogen-bond donors (Lipinski definition) is 1. The third kappa shape index (κ3) is 1.03. The zero-order chi connectivity index (χ0) is 7.84. The summed E-state index contributed by atoms with van der Waals surface area (Å²) in [6.45, 7) is 1.91. The first-order valence-electron chi connectivity index (χ1n) is 4.39. The Kier molecular flexibility index (Phi) is 1.60.